The van der Waals surface area contributed by atoms with E-state index in [2.05, 4.69) is 10.3 Å². The zero-order chi connectivity index (χ0) is 10.6. The zero-order valence-corrected chi connectivity index (χ0v) is 9.13. The highest BCUT2D eigenvalue weighted by atomic mass is 32.1. The van der Waals surface area contributed by atoms with Crippen molar-refractivity contribution in [2.45, 2.75) is 25.7 Å². The van der Waals surface area contributed by atoms with Gasteiger partial charge in [-0.3, -0.25) is 0 Å². The predicted molar refractivity (Wildman–Crippen MR) is 53.9 cm³/mol. The molecule has 1 N–H and O–H groups in total. The lowest BCUT2D eigenvalue weighted by Crippen LogP contribution is -2.07. The number of hydrogen-bond acceptors (Lipinski definition) is 3. The van der Waals surface area contributed by atoms with Gasteiger partial charge in [-0.15, -0.1) is 11.3 Å². The number of nitrogens with one attached hydrogen (secondary N) is 1. The molecule has 1 aromatic heterocycles. The maximum Gasteiger partial charge on any atom is 0.296 e. The summed E-state index contributed by atoms with van der Waals surface area (Å²) in [5.41, 5.74) is 0. The molecule has 0 aromatic carbocycles. The van der Waals surface area contributed by atoms with Crippen molar-refractivity contribution < 1.29 is 8.78 Å². The molecule has 1 rings (SSSR count). The summed E-state index contributed by atoms with van der Waals surface area (Å²) >= 11 is 1.10. The van der Waals surface area contributed by atoms with Gasteiger partial charge in [0, 0.05) is 18.0 Å². The Morgan fingerprint density at radius 2 is 2.29 bits per heavy atom. The standard InChI is InChI=1S/C9H14F2N2S/c1-9(10,11)8-13-6-7(14-8)4-3-5-12-2/h6,12H,3-5H2,1-2H3. The Hall–Kier alpha value is -0.550. The van der Waals surface area contributed by atoms with Gasteiger partial charge in [0.1, 0.15) is 0 Å². The summed E-state index contributed by atoms with van der Waals surface area (Å²) in [4.78, 5) is 4.64. The van der Waals surface area contributed by atoms with Crippen LogP contribution in [0.15, 0.2) is 6.20 Å². The van der Waals surface area contributed by atoms with E-state index in [1.807, 2.05) is 7.05 Å². The maximum absolute atomic E-state index is 12.8. The summed E-state index contributed by atoms with van der Waals surface area (Å²) in [5.74, 6) is -2.80. The fourth-order valence-electron chi connectivity index (χ4n) is 1.07. The van der Waals surface area contributed by atoms with Crippen molar-refractivity contribution in [1.29, 1.82) is 0 Å². The summed E-state index contributed by atoms with van der Waals surface area (Å²) in [6.45, 7) is 1.78. The number of alkyl halides is 2. The maximum atomic E-state index is 12.8. The van der Waals surface area contributed by atoms with Crippen LogP contribution in [0, 0.1) is 0 Å². The Kier molecular flexibility index (Phi) is 3.95. The van der Waals surface area contributed by atoms with Crippen molar-refractivity contribution in [1.82, 2.24) is 10.3 Å². The van der Waals surface area contributed by atoms with E-state index in [0.717, 1.165) is 42.5 Å². The molecule has 80 valence electrons. The van der Waals surface area contributed by atoms with E-state index >= 15 is 0 Å². The van der Waals surface area contributed by atoms with Crippen LogP contribution >= 0.6 is 11.3 Å². The first-order valence-electron chi connectivity index (χ1n) is 4.51. The van der Waals surface area contributed by atoms with Gasteiger partial charge >= 0.3 is 0 Å². The largest absolute Gasteiger partial charge is 0.320 e. The van der Waals surface area contributed by atoms with E-state index in [-0.39, 0.29) is 5.01 Å². The number of rotatable bonds is 5. The fourth-order valence-corrected chi connectivity index (χ4v) is 1.95. The molecule has 0 fully saturated rings. The lowest BCUT2D eigenvalue weighted by molar-refractivity contribution is 0.0172. The van der Waals surface area contributed by atoms with E-state index in [1.165, 1.54) is 0 Å². The van der Waals surface area contributed by atoms with Crippen molar-refractivity contribution in [2.24, 2.45) is 0 Å². The molecule has 0 radical (unpaired) electrons. The smallest absolute Gasteiger partial charge is 0.296 e. The molecule has 0 amide bonds. The summed E-state index contributed by atoms with van der Waals surface area (Å²) in [5, 5.41) is 2.92. The number of aromatic nitrogens is 1. The lowest BCUT2D eigenvalue weighted by atomic mass is 10.3. The predicted octanol–water partition coefficient (Wildman–Crippen LogP) is 2.41. The van der Waals surface area contributed by atoms with Gasteiger partial charge in [-0.25, -0.2) is 4.98 Å². The summed E-state index contributed by atoms with van der Waals surface area (Å²) < 4.78 is 25.6. The highest BCUT2D eigenvalue weighted by molar-refractivity contribution is 7.11. The third kappa shape index (κ3) is 3.31. The van der Waals surface area contributed by atoms with Gasteiger partial charge < -0.3 is 5.32 Å². The van der Waals surface area contributed by atoms with Crippen molar-refractivity contribution in [3.05, 3.63) is 16.1 Å². The van der Waals surface area contributed by atoms with Gasteiger partial charge in [-0.2, -0.15) is 8.78 Å². The minimum atomic E-state index is -2.80. The molecule has 0 atom stereocenters. The van der Waals surface area contributed by atoms with Crippen LogP contribution in [0.3, 0.4) is 0 Å². The number of halogens is 2. The van der Waals surface area contributed by atoms with Crippen molar-refractivity contribution in [3.63, 3.8) is 0 Å². The Balaban J connectivity index is 2.51. The molecule has 0 aliphatic carbocycles. The van der Waals surface area contributed by atoms with Crippen LogP contribution in [-0.2, 0) is 12.3 Å². The number of nitrogens with zero attached hydrogens (tertiary/aromatic N) is 1. The molecule has 2 nitrogen and oxygen atoms in total. The van der Waals surface area contributed by atoms with Crippen molar-refractivity contribution in [3.8, 4) is 0 Å². The molecule has 0 aliphatic rings. The molecular formula is C9H14F2N2S. The van der Waals surface area contributed by atoms with E-state index in [9.17, 15) is 8.78 Å². The van der Waals surface area contributed by atoms with Crippen LogP contribution in [0.1, 0.15) is 23.2 Å². The first-order valence-corrected chi connectivity index (χ1v) is 5.33. The van der Waals surface area contributed by atoms with Gasteiger partial charge in [0.05, 0.1) is 0 Å². The zero-order valence-electron chi connectivity index (χ0n) is 8.31. The fraction of sp³-hybridized carbons (Fsp3) is 0.667. The molecule has 5 heteroatoms. The molecule has 0 bridgehead atoms. The number of aryl methyl sites for hydroxylation is 1. The van der Waals surface area contributed by atoms with Crippen LogP contribution in [0.5, 0.6) is 0 Å². The topological polar surface area (TPSA) is 24.9 Å². The second kappa shape index (κ2) is 4.79. The Morgan fingerprint density at radius 3 is 2.79 bits per heavy atom. The van der Waals surface area contributed by atoms with Crippen LogP contribution in [0.25, 0.3) is 0 Å². The summed E-state index contributed by atoms with van der Waals surface area (Å²) in [6.07, 6.45) is 3.31. The molecule has 0 aliphatic heterocycles. The van der Waals surface area contributed by atoms with Crippen molar-refractivity contribution >= 4 is 11.3 Å². The molecule has 14 heavy (non-hydrogen) atoms. The highest BCUT2D eigenvalue weighted by Crippen LogP contribution is 2.30. The average molecular weight is 220 g/mol. The van der Waals surface area contributed by atoms with Gasteiger partial charge in [0.15, 0.2) is 5.01 Å². The van der Waals surface area contributed by atoms with Crippen LogP contribution in [0.4, 0.5) is 8.78 Å². The Bertz CT molecular complexity index is 281. The van der Waals surface area contributed by atoms with Gasteiger partial charge in [-0.05, 0) is 26.4 Å². The highest BCUT2D eigenvalue weighted by Gasteiger charge is 2.28. The molecule has 0 saturated carbocycles. The monoisotopic (exact) mass is 220 g/mol. The summed E-state index contributed by atoms with van der Waals surface area (Å²) in [7, 11) is 1.87. The first-order chi connectivity index (χ1) is 6.54. The van der Waals surface area contributed by atoms with Crippen molar-refractivity contribution in [2.75, 3.05) is 13.6 Å². The second-order valence-electron chi connectivity index (χ2n) is 3.23. The molecule has 1 aromatic rings. The minimum Gasteiger partial charge on any atom is -0.320 e. The van der Waals surface area contributed by atoms with Gasteiger partial charge in [-0.1, -0.05) is 0 Å². The van der Waals surface area contributed by atoms with E-state index in [1.54, 1.807) is 6.20 Å². The average Bonchev–Trinajstić information content (AvgIpc) is 2.52. The number of thiazole rings is 1. The first kappa shape index (κ1) is 11.5. The Labute approximate surface area is 86.4 Å². The lowest BCUT2D eigenvalue weighted by Gasteiger charge is -2.03. The molecule has 0 spiro atoms. The molecule has 0 unspecified atom stereocenters. The Morgan fingerprint density at radius 1 is 1.57 bits per heavy atom. The van der Waals surface area contributed by atoms with Crippen LogP contribution < -0.4 is 5.32 Å². The van der Waals surface area contributed by atoms with E-state index in [0.29, 0.717) is 0 Å². The van der Waals surface area contributed by atoms with Crippen LogP contribution in [0.2, 0.25) is 0 Å². The van der Waals surface area contributed by atoms with Gasteiger partial charge in [0.2, 0.25) is 0 Å². The molecular weight excluding hydrogens is 206 g/mol. The van der Waals surface area contributed by atoms with E-state index < -0.39 is 5.92 Å². The third-order valence-corrected chi connectivity index (χ3v) is 3.01. The summed E-state index contributed by atoms with van der Waals surface area (Å²) in [6, 6.07) is 0. The minimum absolute atomic E-state index is 0.0862. The number of hydrogen-bond donors (Lipinski definition) is 1. The van der Waals surface area contributed by atoms with Crippen LogP contribution in [-0.4, -0.2) is 18.6 Å². The molecule has 0 saturated heterocycles. The third-order valence-electron chi connectivity index (χ3n) is 1.78. The SMILES string of the molecule is CNCCCc1cnc(C(C)(F)F)s1. The van der Waals surface area contributed by atoms with Gasteiger partial charge in [0.25, 0.3) is 5.92 Å². The second-order valence-corrected chi connectivity index (χ2v) is 4.34. The van der Waals surface area contributed by atoms with E-state index in [4.69, 9.17) is 0 Å². The molecule has 1 heterocycles. The quantitative estimate of drug-likeness (QED) is 0.771. The normalized spacial score (nSPS) is 12.0.